The van der Waals surface area contributed by atoms with E-state index in [0.717, 1.165) is 66.6 Å². The Kier molecular flexibility index (Phi) is 17.2. The minimum Gasteiger partial charge on any atom is -0.354 e. The Balaban J connectivity index is 1.34. The molecule has 0 radical (unpaired) electrons. The maximum absolute atomic E-state index is 13.9. The van der Waals surface area contributed by atoms with Gasteiger partial charge in [0, 0.05) is 119 Å². The molecule has 0 saturated carbocycles. The van der Waals surface area contributed by atoms with Gasteiger partial charge >= 0.3 is 0 Å². The summed E-state index contributed by atoms with van der Waals surface area (Å²) in [6.07, 6.45) is 8.14. The first kappa shape index (κ1) is 56.1. The standard InChI is InChI=1S/C68H74N8O4/c1-11-73(12-2)65(77)49-25-17-45(18-26-49)61-53-33-37-57(69-53)63(47-21-29-51(30-22-47)67(79)75(15-5)41-43(7)8)59-39-35-55(71-59)62(46-19-27-50(28-20-46)66(78)74(13-3)14-4)56-36-40-60(72-56)64(58-38-34-54(61)70-58)48-23-31-52(32-24-48)68(80)76(16-6)42-44(9)10/h17-40,43-44,69,72H,11-16,41-42H2,1-10H3. The molecule has 2 aliphatic heterocycles. The number of H-pyrrole nitrogens is 2. The van der Waals surface area contributed by atoms with E-state index in [4.69, 9.17) is 9.97 Å². The number of amides is 4. The molecule has 80 heavy (non-hydrogen) atoms. The number of aromatic amines is 2. The van der Waals surface area contributed by atoms with Crippen LogP contribution in [0.15, 0.2) is 121 Å². The Hall–Kier alpha value is -8.64. The average Bonchev–Trinajstić information content (AvgIpc) is 4.34. The first-order valence-corrected chi connectivity index (χ1v) is 28.4. The van der Waals surface area contributed by atoms with Crippen LogP contribution in [0.1, 0.15) is 133 Å². The van der Waals surface area contributed by atoms with Gasteiger partial charge < -0.3 is 29.6 Å². The van der Waals surface area contributed by atoms with E-state index in [1.165, 1.54) is 0 Å². The maximum atomic E-state index is 13.9. The van der Waals surface area contributed by atoms with Crippen LogP contribution in [-0.2, 0) is 0 Å². The second-order valence-corrected chi connectivity index (χ2v) is 21.2. The number of benzene rings is 4. The SMILES string of the molecule is CCN(CC)C(=O)c1ccc(-c2c3nc(c(-c4ccc(C(=O)N(CC)CC(C)C)cc4)c4ccc([nH]4)c(-c4ccc(C(=O)N(CC)CC)cc4)c4nc(c(-c5ccc(C(=O)N(CC)CC(C)C)cc5)c5ccc2[nH]5)C=C4)C=C3)cc1. The molecule has 9 rings (SSSR count). The quantitative estimate of drug-likeness (QED) is 0.0877. The van der Waals surface area contributed by atoms with Crippen molar-refractivity contribution in [2.75, 3.05) is 52.4 Å². The van der Waals surface area contributed by atoms with Gasteiger partial charge in [0.25, 0.3) is 23.6 Å². The monoisotopic (exact) mass is 1070 g/mol. The summed E-state index contributed by atoms with van der Waals surface area (Å²) in [6.45, 7) is 25.4. The number of carbonyl (C=O) groups excluding carboxylic acids is 4. The summed E-state index contributed by atoms with van der Waals surface area (Å²) < 4.78 is 0. The lowest BCUT2D eigenvalue weighted by Crippen LogP contribution is -2.33. The Morgan fingerprint density at radius 3 is 0.750 bits per heavy atom. The molecule has 12 nitrogen and oxygen atoms in total. The number of nitrogens with one attached hydrogen (secondary N) is 2. The van der Waals surface area contributed by atoms with Gasteiger partial charge in [-0.1, -0.05) is 76.2 Å². The Bertz CT molecular complexity index is 3410. The second kappa shape index (κ2) is 24.6. The van der Waals surface area contributed by atoms with E-state index in [1.807, 2.05) is 183 Å². The molecule has 0 fully saturated rings. The molecule has 3 aromatic heterocycles. The van der Waals surface area contributed by atoms with Crippen LogP contribution < -0.4 is 0 Å². The molecule has 0 spiro atoms. The van der Waals surface area contributed by atoms with E-state index in [-0.39, 0.29) is 23.6 Å². The molecule has 410 valence electrons. The van der Waals surface area contributed by atoms with Crippen molar-refractivity contribution in [1.29, 1.82) is 0 Å². The average molecular weight is 1070 g/mol. The molecule has 0 atom stereocenters. The predicted octanol–water partition coefficient (Wildman–Crippen LogP) is 14.5. The van der Waals surface area contributed by atoms with E-state index in [1.54, 1.807) is 0 Å². The number of hydrogen-bond acceptors (Lipinski definition) is 6. The molecule has 5 heterocycles. The van der Waals surface area contributed by atoms with Gasteiger partial charge in [0.15, 0.2) is 0 Å². The van der Waals surface area contributed by atoms with Crippen LogP contribution in [0.2, 0.25) is 0 Å². The lowest BCUT2D eigenvalue weighted by atomic mass is 10.0. The fourth-order valence-corrected chi connectivity index (χ4v) is 10.9. The summed E-state index contributed by atoms with van der Waals surface area (Å²) >= 11 is 0. The molecule has 7 aromatic rings. The molecular weight excluding hydrogens is 993 g/mol. The highest BCUT2D eigenvalue weighted by Gasteiger charge is 2.23. The first-order valence-electron chi connectivity index (χ1n) is 28.4. The van der Waals surface area contributed by atoms with Crippen molar-refractivity contribution in [2.45, 2.75) is 69.2 Å². The van der Waals surface area contributed by atoms with Gasteiger partial charge in [0.1, 0.15) is 0 Å². The van der Waals surface area contributed by atoms with E-state index in [2.05, 4.69) is 61.9 Å². The maximum Gasteiger partial charge on any atom is 0.253 e. The summed E-state index contributed by atoms with van der Waals surface area (Å²) in [4.78, 5) is 81.0. The molecular formula is C68H74N8O4. The molecule has 0 unspecified atom stereocenters. The number of nitrogens with zero attached hydrogens (tertiary/aromatic N) is 6. The van der Waals surface area contributed by atoms with Crippen molar-refractivity contribution in [2.24, 2.45) is 11.8 Å². The fourth-order valence-electron chi connectivity index (χ4n) is 10.9. The highest BCUT2D eigenvalue weighted by molar-refractivity contribution is 6.03. The highest BCUT2D eigenvalue weighted by Crippen LogP contribution is 2.39. The number of aromatic nitrogens is 4. The number of hydrogen-bond donors (Lipinski definition) is 2. The molecule has 8 bridgehead atoms. The van der Waals surface area contributed by atoms with E-state index >= 15 is 0 Å². The predicted molar refractivity (Wildman–Crippen MR) is 328 cm³/mol. The smallest absolute Gasteiger partial charge is 0.253 e. The lowest BCUT2D eigenvalue weighted by molar-refractivity contribution is 0.0738. The molecule has 4 amide bonds. The van der Waals surface area contributed by atoms with Gasteiger partial charge in [-0.05, 0) is 173 Å². The van der Waals surface area contributed by atoms with E-state index in [0.29, 0.717) is 109 Å². The van der Waals surface area contributed by atoms with Gasteiger partial charge in [0.05, 0.1) is 22.8 Å². The summed E-state index contributed by atoms with van der Waals surface area (Å²) in [6, 6.07) is 39.4. The Morgan fingerprint density at radius 2 is 0.550 bits per heavy atom. The summed E-state index contributed by atoms with van der Waals surface area (Å²) in [5.74, 6) is 0.563. The topological polar surface area (TPSA) is 139 Å². The second-order valence-electron chi connectivity index (χ2n) is 21.2. The molecule has 4 aromatic carbocycles. The van der Waals surface area contributed by atoms with Crippen molar-refractivity contribution < 1.29 is 19.2 Å². The zero-order valence-corrected chi connectivity index (χ0v) is 48.0. The lowest BCUT2D eigenvalue weighted by Gasteiger charge is -2.23. The van der Waals surface area contributed by atoms with Gasteiger partial charge in [-0.15, -0.1) is 0 Å². The van der Waals surface area contributed by atoms with Crippen LogP contribution in [0.3, 0.4) is 0 Å². The fraction of sp³-hybridized carbons (Fsp3) is 0.294. The number of carbonyl (C=O) groups is 4. The third-order valence-corrected chi connectivity index (χ3v) is 15.0. The van der Waals surface area contributed by atoms with Crippen LogP contribution in [0.4, 0.5) is 0 Å². The first-order chi connectivity index (χ1) is 38.7. The number of fused-ring (bicyclic) bond motifs is 8. The number of rotatable bonds is 18. The van der Waals surface area contributed by atoms with Gasteiger partial charge in [-0.3, -0.25) is 19.2 Å². The van der Waals surface area contributed by atoms with E-state index < -0.39 is 0 Å². The van der Waals surface area contributed by atoms with E-state index in [9.17, 15) is 19.2 Å². The minimum atomic E-state index is -0.0290. The summed E-state index contributed by atoms with van der Waals surface area (Å²) in [5, 5.41) is 0. The molecule has 0 aliphatic carbocycles. The van der Waals surface area contributed by atoms with Crippen molar-refractivity contribution >= 4 is 70.0 Å². The zero-order chi connectivity index (χ0) is 56.8. The summed E-state index contributed by atoms with van der Waals surface area (Å²) in [5.41, 5.74) is 15.2. The minimum absolute atomic E-state index is 0.0143. The largest absolute Gasteiger partial charge is 0.354 e. The van der Waals surface area contributed by atoms with Crippen LogP contribution in [0.25, 0.3) is 90.9 Å². The zero-order valence-electron chi connectivity index (χ0n) is 48.0. The van der Waals surface area contributed by atoms with Crippen molar-refractivity contribution in [1.82, 2.24) is 39.5 Å². The third kappa shape index (κ3) is 11.6. The van der Waals surface area contributed by atoms with Crippen molar-refractivity contribution in [3.8, 4) is 44.5 Å². The Morgan fingerprint density at radius 1 is 0.338 bits per heavy atom. The Labute approximate surface area is 470 Å². The van der Waals surface area contributed by atoms with Crippen LogP contribution in [-0.4, -0.2) is 116 Å². The molecule has 0 saturated heterocycles. The van der Waals surface area contributed by atoms with Crippen LogP contribution in [0, 0.1) is 11.8 Å². The summed E-state index contributed by atoms with van der Waals surface area (Å²) in [7, 11) is 0. The van der Waals surface area contributed by atoms with Gasteiger partial charge in [-0.25, -0.2) is 9.97 Å². The highest BCUT2D eigenvalue weighted by atomic mass is 16.2. The van der Waals surface area contributed by atoms with Crippen LogP contribution >= 0.6 is 0 Å². The molecule has 2 aliphatic rings. The van der Waals surface area contributed by atoms with Crippen molar-refractivity contribution in [3.05, 3.63) is 166 Å². The molecule has 12 heteroatoms. The molecule has 2 N–H and O–H groups in total. The normalized spacial score (nSPS) is 11.8. The van der Waals surface area contributed by atoms with Crippen molar-refractivity contribution in [3.63, 3.8) is 0 Å². The van der Waals surface area contributed by atoms with Crippen LogP contribution in [0.5, 0.6) is 0 Å². The third-order valence-electron chi connectivity index (χ3n) is 15.0. The van der Waals surface area contributed by atoms with Gasteiger partial charge in [0.2, 0.25) is 0 Å². The van der Waals surface area contributed by atoms with Gasteiger partial charge in [-0.2, -0.15) is 0 Å².